The second-order valence-corrected chi connectivity index (χ2v) is 6.82. The Kier molecular flexibility index (Phi) is 7.39. The summed E-state index contributed by atoms with van der Waals surface area (Å²) in [7, 11) is 0. The van der Waals surface area contributed by atoms with Gasteiger partial charge in [-0.05, 0) is 48.8 Å². The Morgan fingerprint density at radius 1 is 1.24 bits per heavy atom. The standard InChI is InChI=1S/C17H26N2O5S/c1-10(2)7-8-23-12-5-3-11(4-6-12)18-17(25)19-16-15(22)14(21)13(9-20)24-16/h3-6,10,13-16,20-22H,7-9H2,1-2H3,(H2,18,19,25)/t13?,14-,15-,16?/m0/s1. The molecule has 7 nitrogen and oxygen atoms in total. The van der Waals surface area contributed by atoms with Crippen LogP contribution in [0.5, 0.6) is 5.75 Å². The molecule has 1 fully saturated rings. The summed E-state index contributed by atoms with van der Waals surface area (Å²) in [5.41, 5.74) is 0.750. The van der Waals surface area contributed by atoms with E-state index in [-0.39, 0.29) is 11.7 Å². The fourth-order valence-electron chi connectivity index (χ4n) is 2.36. The molecule has 0 aliphatic carbocycles. The first-order valence-corrected chi connectivity index (χ1v) is 8.74. The fraction of sp³-hybridized carbons (Fsp3) is 0.588. The Balaban J connectivity index is 1.80. The number of aliphatic hydroxyl groups is 3. The van der Waals surface area contributed by atoms with Crippen LogP contribution in [0.1, 0.15) is 20.3 Å². The van der Waals surface area contributed by atoms with Crippen molar-refractivity contribution in [2.45, 2.75) is 44.8 Å². The highest BCUT2D eigenvalue weighted by atomic mass is 32.1. The van der Waals surface area contributed by atoms with Crippen molar-refractivity contribution in [2.75, 3.05) is 18.5 Å². The van der Waals surface area contributed by atoms with E-state index in [1.807, 2.05) is 24.3 Å². The third-order valence-electron chi connectivity index (χ3n) is 3.89. The molecule has 1 aromatic carbocycles. The number of nitrogens with one attached hydrogen (secondary N) is 2. The smallest absolute Gasteiger partial charge is 0.172 e. The van der Waals surface area contributed by atoms with Crippen molar-refractivity contribution in [2.24, 2.45) is 5.92 Å². The van der Waals surface area contributed by atoms with Gasteiger partial charge in [-0.2, -0.15) is 0 Å². The molecule has 0 spiro atoms. The van der Waals surface area contributed by atoms with Gasteiger partial charge >= 0.3 is 0 Å². The van der Waals surface area contributed by atoms with Crippen LogP contribution in [0.3, 0.4) is 0 Å². The third-order valence-corrected chi connectivity index (χ3v) is 4.11. The van der Waals surface area contributed by atoms with Crippen molar-refractivity contribution in [1.82, 2.24) is 5.32 Å². The SMILES string of the molecule is CC(C)CCOc1ccc(NC(=S)NC2OC(CO)[C@H](O)[C@@H]2O)cc1. The van der Waals surface area contributed by atoms with Crippen molar-refractivity contribution in [1.29, 1.82) is 0 Å². The van der Waals surface area contributed by atoms with E-state index in [0.717, 1.165) is 17.9 Å². The second-order valence-electron chi connectivity index (χ2n) is 6.41. The van der Waals surface area contributed by atoms with Gasteiger partial charge < -0.3 is 35.4 Å². The zero-order valence-electron chi connectivity index (χ0n) is 14.4. The topological polar surface area (TPSA) is 103 Å². The number of rotatable bonds is 7. The summed E-state index contributed by atoms with van der Waals surface area (Å²) in [6.45, 7) is 4.60. The number of aliphatic hydroxyl groups excluding tert-OH is 3. The molecule has 1 aromatic rings. The van der Waals surface area contributed by atoms with Crippen LogP contribution in [0.4, 0.5) is 5.69 Å². The normalized spacial score (nSPS) is 25.8. The Labute approximate surface area is 153 Å². The molecule has 2 rings (SSSR count). The Morgan fingerprint density at radius 2 is 1.92 bits per heavy atom. The molecule has 2 unspecified atom stereocenters. The number of hydrogen-bond acceptors (Lipinski definition) is 6. The zero-order valence-corrected chi connectivity index (χ0v) is 15.2. The lowest BCUT2D eigenvalue weighted by atomic mass is 10.1. The minimum Gasteiger partial charge on any atom is -0.494 e. The first-order chi connectivity index (χ1) is 11.9. The van der Waals surface area contributed by atoms with Gasteiger partial charge in [-0.1, -0.05) is 13.8 Å². The van der Waals surface area contributed by atoms with E-state index < -0.39 is 24.5 Å². The van der Waals surface area contributed by atoms with Crippen molar-refractivity contribution >= 4 is 23.0 Å². The Morgan fingerprint density at radius 3 is 2.48 bits per heavy atom. The van der Waals surface area contributed by atoms with Crippen LogP contribution in [-0.2, 0) is 4.74 Å². The molecule has 4 atom stereocenters. The van der Waals surface area contributed by atoms with Gasteiger partial charge in [0, 0.05) is 5.69 Å². The van der Waals surface area contributed by atoms with E-state index >= 15 is 0 Å². The van der Waals surface area contributed by atoms with Gasteiger partial charge in [0.2, 0.25) is 0 Å². The lowest BCUT2D eigenvalue weighted by Gasteiger charge is -2.19. The number of ether oxygens (including phenoxy) is 2. The fourth-order valence-corrected chi connectivity index (χ4v) is 2.60. The van der Waals surface area contributed by atoms with Crippen molar-refractivity contribution < 1.29 is 24.8 Å². The summed E-state index contributed by atoms with van der Waals surface area (Å²) >= 11 is 5.18. The highest BCUT2D eigenvalue weighted by Crippen LogP contribution is 2.20. The van der Waals surface area contributed by atoms with Gasteiger partial charge in [0.1, 0.15) is 24.1 Å². The number of anilines is 1. The maximum Gasteiger partial charge on any atom is 0.172 e. The van der Waals surface area contributed by atoms with Gasteiger partial charge in [0.15, 0.2) is 11.3 Å². The Hall–Kier alpha value is -1.45. The molecular formula is C17H26N2O5S. The molecule has 0 bridgehead atoms. The monoisotopic (exact) mass is 370 g/mol. The van der Waals surface area contributed by atoms with Crippen molar-refractivity contribution in [3.63, 3.8) is 0 Å². The molecule has 25 heavy (non-hydrogen) atoms. The highest BCUT2D eigenvalue weighted by Gasteiger charge is 2.42. The maximum atomic E-state index is 9.88. The van der Waals surface area contributed by atoms with E-state index in [0.29, 0.717) is 12.5 Å². The van der Waals surface area contributed by atoms with Gasteiger partial charge in [0.25, 0.3) is 0 Å². The van der Waals surface area contributed by atoms with Gasteiger partial charge in [-0.3, -0.25) is 0 Å². The molecule has 5 N–H and O–H groups in total. The van der Waals surface area contributed by atoms with Crippen LogP contribution in [-0.4, -0.2) is 58.2 Å². The summed E-state index contributed by atoms with van der Waals surface area (Å²) < 4.78 is 11.0. The van der Waals surface area contributed by atoms with Gasteiger partial charge in [-0.15, -0.1) is 0 Å². The van der Waals surface area contributed by atoms with Crippen molar-refractivity contribution in [3.05, 3.63) is 24.3 Å². The molecule has 0 saturated carbocycles. The van der Waals surface area contributed by atoms with Crippen LogP contribution in [0.2, 0.25) is 0 Å². The second kappa shape index (κ2) is 9.30. The molecule has 1 aliphatic rings. The minimum atomic E-state index is -1.17. The molecule has 0 radical (unpaired) electrons. The average molecular weight is 370 g/mol. The highest BCUT2D eigenvalue weighted by molar-refractivity contribution is 7.80. The summed E-state index contributed by atoms with van der Waals surface area (Å²) in [4.78, 5) is 0. The van der Waals surface area contributed by atoms with Gasteiger partial charge in [0.05, 0.1) is 13.2 Å². The predicted octanol–water partition coefficient (Wildman–Crippen LogP) is 0.837. The van der Waals surface area contributed by atoms with E-state index in [1.54, 1.807) is 0 Å². The van der Waals surface area contributed by atoms with Crippen LogP contribution in [0.25, 0.3) is 0 Å². The van der Waals surface area contributed by atoms with Crippen LogP contribution >= 0.6 is 12.2 Å². The summed E-state index contributed by atoms with van der Waals surface area (Å²) in [6.07, 6.45) is -3.05. The lowest BCUT2D eigenvalue weighted by Crippen LogP contribution is -2.45. The predicted molar refractivity (Wildman–Crippen MR) is 98.5 cm³/mol. The Bertz CT molecular complexity index is 554. The van der Waals surface area contributed by atoms with Crippen LogP contribution < -0.4 is 15.4 Å². The number of hydrogen-bond donors (Lipinski definition) is 5. The average Bonchev–Trinajstić information content (AvgIpc) is 2.84. The molecule has 0 amide bonds. The molecular weight excluding hydrogens is 344 g/mol. The lowest BCUT2D eigenvalue weighted by molar-refractivity contribution is -0.0260. The summed E-state index contributed by atoms with van der Waals surface area (Å²) in [6, 6.07) is 7.35. The molecule has 8 heteroatoms. The largest absolute Gasteiger partial charge is 0.494 e. The van der Waals surface area contributed by atoms with E-state index in [4.69, 9.17) is 26.8 Å². The molecule has 140 valence electrons. The molecule has 1 aliphatic heterocycles. The minimum absolute atomic E-state index is 0.239. The first kappa shape index (κ1) is 19.9. The molecule has 1 saturated heterocycles. The first-order valence-electron chi connectivity index (χ1n) is 8.33. The molecule has 0 aromatic heterocycles. The number of thiocarbonyl (C=S) groups is 1. The quantitative estimate of drug-likeness (QED) is 0.450. The zero-order chi connectivity index (χ0) is 18.4. The third kappa shape index (κ3) is 5.79. The van der Waals surface area contributed by atoms with E-state index in [9.17, 15) is 10.2 Å². The van der Waals surface area contributed by atoms with Crippen molar-refractivity contribution in [3.8, 4) is 5.75 Å². The van der Waals surface area contributed by atoms with E-state index in [1.165, 1.54) is 0 Å². The molecule has 1 heterocycles. The summed E-state index contributed by atoms with van der Waals surface area (Å²) in [5, 5.41) is 34.7. The van der Waals surface area contributed by atoms with Crippen LogP contribution in [0.15, 0.2) is 24.3 Å². The van der Waals surface area contributed by atoms with E-state index in [2.05, 4.69) is 24.5 Å². The number of benzene rings is 1. The summed E-state index contributed by atoms with van der Waals surface area (Å²) in [5.74, 6) is 1.38. The van der Waals surface area contributed by atoms with Gasteiger partial charge in [-0.25, -0.2) is 0 Å². The maximum absolute atomic E-state index is 9.88. The van der Waals surface area contributed by atoms with Crippen LogP contribution in [0, 0.1) is 5.92 Å².